The molecule has 0 aliphatic carbocycles. The summed E-state index contributed by atoms with van der Waals surface area (Å²) in [7, 11) is -3.66. The summed E-state index contributed by atoms with van der Waals surface area (Å²) in [5.74, 6) is 1.96. The predicted molar refractivity (Wildman–Crippen MR) is 62.7 cm³/mol. The molecule has 1 aliphatic rings. The highest BCUT2D eigenvalue weighted by molar-refractivity contribution is 7.90. The number of hydrogen-bond donors (Lipinski definition) is 0. The fourth-order valence-electron chi connectivity index (χ4n) is 1.78. The fourth-order valence-corrected chi connectivity index (χ4v) is 3.38. The molecule has 0 saturated heterocycles. The van der Waals surface area contributed by atoms with Crippen molar-refractivity contribution >= 4 is 15.9 Å². The summed E-state index contributed by atoms with van der Waals surface area (Å²) in [5.41, 5.74) is 0.244. The minimum absolute atomic E-state index is 0.0886. The highest BCUT2D eigenvalue weighted by Gasteiger charge is 2.40. The number of nitrogens with zero attached hydrogens (tertiary/aromatic N) is 1. The predicted octanol–water partition coefficient (Wildman–Crippen LogP) is 1.24. The number of carbonyl (C=O) groups is 1. The van der Waals surface area contributed by atoms with E-state index >= 15 is 0 Å². The van der Waals surface area contributed by atoms with E-state index < -0.39 is 15.9 Å². The van der Waals surface area contributed by atoms with Crippen molar-refractivity contribution in [2.24, 2.45) is 0 Å². The van der Waals surface area contributed by atoms with Gasteiger partial charge in [0.1, 0.15) is 4.90 Å². The van der Waals surface area contributed by atoms with E-state index in [9.17, 15) is 13.2 Å². The molecule has 2 rings (SSSR count). The van der Waals surface area contributed by atoms with Gasteiger partial charge < -0.3 is 0 Å². The number of terminal acetylenes is 1. The Morgan fingerprint density at radius 3 is 2.65 bits per heavy atom. The molecule has 17 heavy (non-hydrogen) atoms. The first-order valence-corrected chi connectivity index (χ1v) is 6.62. The van der Waals surface area contributed by atoms with E-state index in [1.54, 1.807) is 12.1 Å². The molecular formula is C12H11NO3S. The van der Waals surface area contributed by atoms with E-state index in [2.05, 4.69) is 5.92 Å². The summed E-state index contributed by atoms with van der Waals surface area (Å²) in [6, 6.07) is 6.23. The average molecular weight is 249 g/mol. The molecule has 5 heteroatoms. The van der Waals surface area contributed by atoms with Crippen LogP contribution in [0.4, 0.5) is 0 Å². The number of fused-ring (bicyclic) bond motifs is 1. The third-order valence-electron chi connectivity index (χ3n) is 2.59. The Hall–Kier alpha value is -1.80. The number of sulfonamides is 1. The summed E-state index contributed by atoms with van der Waals surface area (Å²) in [6.45, 7) is 0.139. The minimum Gasteiger partial charge on any atom is -0.268 e. The molecule has 1 aromatic carbocycles. The van der Waals surface area contributed by atoms with Gasteiger partial charge >= 0.3 is 0 Å². The zero-order valence-electron chi connectivity index (χ0n) is 9.09. The summed E-state index contributed by atoms with van der Waals surface area (Å²) in [4.78, 5) is 12.0. The molecule has 1 amide bonds. The van der Waals surface area contributed by atoms with Gasteiger partial charge in [0, 0.05) is 13.0 Å². The van der Waals surface area contributed by atoms with Crippen LogP contribution in [0.3, 0.4) is 0 Å². The number of amides is 1. The second kappa shape index (κ2) is 4.22. The van der Waals surface area contributed by atoms with Crippen molar-refractivity contribution in [2.75, 3.05) is 6.54 Å². The van der Waals surface area contributed by atoms with E-state index in [1.807, 2.05) is 0 Å². The summed E-state index contributed by atoms with van der Waals surface area (Å²) >= 11 is 0. The Balaban J connectivity index is 2.35. The van der Waals surface area contributed by atoms with Gasteiger partial charge in [-0.3, -0.25) is 4.79 Å². The van der Waals surface area contributed by atoms with Crippen LogP contribution >= 0.6 is 0 Å². The van der Waals surface area contributed by atoms with Crippen LogP contribution in [0.5, 0.6) is 0 Å². The Morgan fingerprint density at radius 2 is 2.00 bits per heavy atom. The van der Waals surface area contributed by atoms with Gasteiger partial charge in [0.05, 0.1) is 5.56 Å². The van der Waals surface area contributed by atoms with Crippen molar-refractivity contribution in [3.63, 3.8) is 0 Å². The quantitative estimate of drug-likeness (QED) is 0.598. The van der Waals surface area contributed by atoms with Crippen LogP contribution in [0.15, 0.2) is 29.2 Å². The second-order valence-electron chi connectivity index (χ2n) is 3.69. The Kier molecular flexibility index (Phi) is 2.90. The molecule has 0 bridgehead atoms. The third kappa shape index (κ3) is 1.81. The van der Waals surface area contributed by atoms with Crippen LogP contribution in [0, 0.1) is 12.3 Å². The zero-order valence-corrected chi connectivity index (χ0v) is 9.90. The minimum atomic E-state index is -3.66. The molecule has 1 heterocycles. The zero-order chi connectivity index (χ0) is 12.5. The van der Waals surface area contributed by atoms with Crippen molar-refractivity contribution in [2.45, 2.75) is 17.7 Å². The van der Waals surface area contributed by atoms with Crippen molar-refractivity contribution in [3.8, 4) is 12.3 Å². The smallest absolute Gasteiger partial charge is 0.268 e. The molecule has 0 N–H and O–H groups in total. The van der Waals surface area contributed by atoms with Gasteiger partial charge in [-0.05, 0) is 18.6 Å². The topological polar surface area (TPSA) is 54.5 Å². The van der Waals surface area contributed by atoms with Crippen LogP contribution in [-0.4, -0.2) is 25.2 Å². The van der Waals surface area contributed by atoms with E-state index in [0.717, 1.165) is 4.31 Å². The fraction of sp³-hybridized carbons (Fsp3) is 0.250. The normalized spacial score (nSPS) is 16.6. The number of benzene rings is 1. The maximum atomic E-state index is 12.0. The summed E-state index contributed by atoms with van der Waals surface area (Å²) < 4.78 is 25.0. The molecule has 0 saturated carbocycles. The summed E-state index contributed by atoms with van der Waals surface area (Å²) in [6.07, 6.45) is 6.03. The van der Waals surface area contributed by atoms with Gasteiger partial charge in [-0.1, -0.05) is 12.1 Å². The molecule has 1 aromatic rings. The lowest BCUT2D eigenvalue weighted by atomic mass is 10.2. The molecular weight excluding hydrogens is 238 g/mol. The van der Waals surface area contributed by atoms with Crippen LogP contribution in [0.25, 0.3) is 0 Å². The molecule has 0 unspecified atom stereocenters. The van der Waals surface area contributed by atoms with E-state index in [0.29, 0.717) is 12.8 Å². The van der Waals surface area contributed by atoms with Gasteiger partial charge in [-0.2, -0.15) is 0 Å². The van der Waals surface area contributed by atoms with Crippen LogP contribution in [0.2, 0.25) is 0 Å². The lowest BCUT2D eigenvalue weighted by Crippen LogP contribution is -2.30. The van der Waals surface area contributed by atoms with E-state index in [-0.39, 0.29) is 17.0 Å². The van der Waals surface area contributed by atoms with E-state index in [4.69, 9.17) is 6.42 Å². The molecule has 0 aromatic heterocycles. The van der Waals surface area contributed by atoms with Crippen LogP contribution < -0.4 is 0 Å². The molecule has 1 aliphatic heterocycles. The molecule has 0 atom stereocenters. The number of hydrogen-bond acceptors (Lipinski definition) is 3. The van der Waals surface area contributed by atoms with Crippen molar-refractivity contribution in [3.05, 3.63) is 29.8 Å². The SMILES string of the molecule is C#CCCCN1C(=O)c2ccccc2S1(=O)=O. The van der Waals surface area contributed by atoms with Gasteiger partial charge in [-0.25, -0.2) is 12.7 Å². The van der Waals surface area contributed by atoms with Gasteiger partial charge in [0.15, 0.2) is 0 Å². The van der Waals surface area contributed by atoms with Crippen molar-refractivity contribution in [1.29, 1.82) is 0 Å². The second-order valence-corrected chi connectivity index (χ2v) is 5.52. The number of rotatable bonds is 3. The molecule has 88 valence electrons. The Labute approximate surface area is 100 Å². The average Bonchev–Trinajstić information content (AvgIpc) is 2.51. The standard InChI is InChI=1S/C12H11NO3S/c1-2-3-6-9-13-12(14)10-7-4-5-8-11(10)17(13,15)16/h1,4-5,7-8H,3,6,9H2. The van der Waals surface area contributed by atoms with Crippen molar-refractivity contribution < 1.29 is 13.2 Å². The third-order valence-corrected chi connectivity index (χ3v) is 4.43. The highest BCUT2D eigenvalue weighted by Crippen LogP contribution is 2.29. The van der Waals surface area contributed by atoms with Crippen LogP contribution in [0.1, 0.15) is 23.2 Å². The monoisotopic (exact) mass is 249 g/mol. The maximum Gasteiger partial charge on any atom is 0.269 e. The molecule has 0 radical (unpaired) electrons. The summed E-state index contributed by atoms with van der Waals surface area (Å²) in [5, 5.41) is 0. The van der Waals surface area contributed by atoms with Gasteiger partial charge in [0.2, 0.25) is 0 Å². The van der Waals surface area contributed by atoms with Gasteiger partial charge in [-0.15, -0.1) is 12.3 Å². The molecule has 0 spiro atoms. The van der Waals surface area contributed by atoms with E-state index in [1.165, 1.54) is 12.1 Å². The molecule has 0 fully saturated rings. The first-order valence-electron chi connectivity index (χ1n) is 5.18. The Bertz CT molecular complexity index is 598. The lowest BCUT2D eigenvalue weighted by Gasteiger charge is -2.13. The number of carbonyl (C=O) groups excluding carboxylic acids is 1. The lowest BCUT2D eigenvalue weighted by molar-refractivity contribution is 0.0870. The van der Waals surface area contributed by atoms with Crippen LogP contribution in [-0.2, 0) is 10.0 Å². The first-order chi connectivity index (χ1) is 8.09. The van der Waals surface area contributed by atoms with Gasteiger partial charge in [0.25, 0.3) is 15.9 Å². The number of unbranched alkanes of at least 4 members (excludes halogenated alkanes) is 1. The Morgan fingerprint density at radius 1 is 1.29 bits per heavy atom. The largest absolute Gasteiger partial charge is 0.269 e. The highest BCUT2D eigenvalue weighted by atomic mass is 32.2. The first kappa shape index (κ1) is 11.7. The van der Waals surface area contributed by atoms with Crippen molar-refractivity contribution in [1.82, 2.24) is 4.31 Å². The maximum absolute atomic E-state index is 12.0. The molecule has 4 nitrogen and oxygen atoms in total.